The van der Waals surface area contributed by atoms with Crippen molar-refractivity contribution in [2.75, 3.05) is 13.6 Å². The molecule has 2 N–H and O–H groups in total. The number of guanidine groups is 1. The van der Waals surface area contributed by atoms with Crippen LogP contribution >= 0.6 is 24.0 Å². The zero-order valence-corrected chi connectivity index (χ0v) is 20.4. The Morgan fingerprint density at radius 3 is 2.77 bits per heavy atom. The Bertz CT molecular complexity index is 994. The van der Waals surface area contributed by atoms with Crippen LogP contribution in [0.5, 0.6) is 0 Å². The lowest BCUT2D eigenvalue weighted by Gasteiger charge is -2.11. The molecule has 0 radical (unpaired) electrons. The number of aryl methyl sites for hydroxylation is 2. The highest BCUT2D eigenvalue weighted by Gasteiger charge is 2.14. The molecule has 1 aliphatic rings. The highest BCUT2D eigenvalue weighted by molar-refractivity contribution is 14.0. The number of rotatable bonds is 6. The van der Waals surface area contributed by atoms with Gasteiger partial charge in [-0.05, 0) is 31.9 Å². The predicted molar refractivity (Wildman–Crippen MR) is 132 cm³/mol. The van der Waals surface area contributed by atoms with Gasteiger partial charge in [0, 0.05) is 38.5 Å². The lowest BCUT2D eigenvalue weighted by Crippen LogP contribution is -2.38. The third-order valence-corrected chi connectivity index (χ3v) is 5.34. The Morgan fingerprint density at radius 2 is 1.97 bits per heavy atom. The standard InChI is InChI=1S/C22H29N7O.HI/c1-16-7-9-17(10-8-16)21-26-18(15-30-21)14-25-22(23-2)24-12-11-20-28-27-19-6-4-3-5-13-29(19)20;/h7-10,15H,3-6,11-14H2,1-2H3,(H2,23,24,25);1H. The van der Waals surface area contributed by atoms with Crippen LogP contribution in [0.15, 0.2) is 39.9 Å². The second-order valence-electron chi connectivity index (χ2n) is 7.61. The third kappa shape index (κ3) is 6.05. The highest BCUT2D eigenvalue weighted by atomic mass is 127. The molecule has 0 unspecified atom stereocenters. The van der Waals surface area contributed by atoms with Crippen LogP contribution in [0, 0.1) is 6.92 Å². The molecular formula is C22H30IN7O. The Morgan fingerprint density at radius 1 is 1.13 bits per heavy atom. The molecular weight excluding hydrogens is 505 g/mol. The number of nitrogens with zero attached hydrogens (tertiary/aromatic N) is 5. The van der Waals surface area contributed by atoms with E-state index in [1.807, 2.05) is 12.1 Å². The topological polar surface area (TPSA) is 93.2 Å². The van der Waals surface area contributed by atoms with Crippen LogP contribution in [-0.4, -0.2) is 39.3 Å². The van der Waals surface area contributed by atoms with E-state index in [4.69, 9.17) is 4.42 Å². The van der Waals surface area contributed by atoms with Crippen molar-refractivity contribution in [1.82, 2.24) is 30.4 Å². The average molecular weight is 535 g/mol. The second-order valence-corrected chi connectivity index (χ2v) is 7.61. The van der Waals surface area contributed by atoms with Gasteiger partial charge in [0.05, 0.1) is 12.2 Å². The maximum Gasteiger partial charge on any atom is 0.226 e. The fourth-order valence-electron chi connectivity index (χ4n) is 3.63. The number of nitrogens with one attached hydrogen (secondary N) is 2. The van der Waals surface area contributed by atoms with Gasteiger partial charge in [-0.3, -0.25) is 4.99 Å². The molecule has 2 aromatic heterocycles. The zero-order chi connectivity index (χ0) is 20.8. The zero-order valence-electron chi connectivity index (χ0n) is 18.1. The molecule has 4 rings (SSSR count). The molecule has 1 aromatic carbocycles. The van der Waals surface area contributed by atoms with Gasteiger partial charge in [-0.25, -0.2) is 4.98 Å². The second kappa shape index (κ2) is 11.3. The van der Waals surface area contributed by atoms with Gasteiger partial charge in [-0.15, -0.1) is 34.2 Å². The largest absolute Gasteiger partial charge is 0.444 e. The molecule has 8 nitrogen and oxygen atoms in total. The summed E-state index contributed by atoms with van der Waals surface area (Å²) in [5, 5.41) is 15.4. The number of oxazole rings is 1. The van der Waals surface area contributed by atoms with Crippen molar-refractivity contribution in [2.24, 2.45) is 4.99 Å². The third-order valence-electron chi connectivity index (χ3n) is 5.34. The number of benzene rings is 1. The SMILES string of the molecule is CN=C(NCCc1nnc2n1CCCCC2)NCc1coc(-c2ccc(C)cc2)n1.I. The van der Waals surface area contributed by atoms with Gasteiger partial charge in [0.15, 0.2) is 5.96 Å². The van der Waals surface area contributed by atoms with Crippen LogP contribution in [0.1, 0.15) is 42.2 Å². The van der Waals surface area contributed by atoms with Crippen LogP contribution in [0.25, 0.3) is 11.5 Å². The monoisotopic (exact) mass is 535 g/mol. The number of aliphatic imine (C=N–C) groups is 1. The van der Waals surface area contributed by atoms with Gasteiger partial charge in [0.1, 0.15) is 17.9 Å². The van der Waals surface area contributed by atoms with E-state index in [0.717, 1.165) is 54.8 Å². The molecule has 0 saturated heterocycles. The molecule has 1 aliphatic heterocycles. The summed E-state index contributed by atoms with van der Waals surface area (Å²) >= 11 is 0. The van der Waals surface area contributed by atoms with Gasteiger partial charge in [-0.1, -0.05) is 24.1 Å². The van der Waals surface area contributed by atoms with E-state index in [0.29, 0.717) is 12.4 Å². The first-order valence-electron chi connectivity index (χ1n) is 10.6. The number of aromatic nitrogens is 4. The van der Waals surface area contributed by atoms with Crippen LogP contribution in [0.4, 0.5) is 0 Å². The van der Waals surface area contributed by atoms with E-state index in [1.165, 1.54) is 24.8 Å². The predicted octanol–water partition coefficient (Wildman–Crippen LogP) is 3.49. The summed E-state index contributed by atoms with van der Waals surface area (Å²) in [5.74, 6) is 3.53. The molecule has 3 aromatic rings. The number of hydrogen-bond acceptors (Lipinski definition) is 5. The first-order chi connectivity index (χ1) is 14.7. The maximum absolute atomic E-state index is 5.62. The van der Waals surface area contributed by atoms with E-state index >= 15 is 0 Å². The van der Waals surface area contributed by atoms with Gasteiger partial charge in [-0.2, -0.15) is 0 Å². The van der Waals surface area contributed by atoms with Crippen LogP contribution in [0.2, 0.25) is 0 Å². The van der Waals surface area contributed by atoms with Crippen molar-refractivity contribution in [1.29, 1.82) is 0 Å². The van der Waals surface area contributed by atoms with Crippen molar-refractivity contribution in [2.45, 2.75) is 52.1 Å². The molecule has 0 atom stereocenters. The van der Waals surface area contributed by atoms with Crippen molar-refractivity contribution in [3.63, 3.8) is 0 Å². The van der Waals surface area contributed by atoms with Crippen molar-refractivity contribution >= 4 is 29.9 Å². The normalized spacial score (nSPS) is 13.8. The summed E-state index contributed by atoms with van der Waals surface area (Å²) in [6.07, 6.45) is 7.21. The molecule has 0 fully saturated rings. The lowest BCUT2D eigenvalue weighted by molar-refractivity contribution is 0.572. The molecule has 0 aliphatic carbocycles. The minimum Gasteiger partial charge on any atom is -0.444 e. The van der Waals surface area contributed by atoms with Crippen LogP contribution in [-0.2, 0) is 25.9 Å². The van der Waals surface area contributed by atoms with E-state index in [1.54, 1.807) is 13.3 Å². The molecule has 0 amide bonds. The molecule has 0 saturated carbocycles. The molecule has 3 heterocycles. The Kier molecular flexibility index (Phi) is 8.44. The Labute approximate surface area is 200 Å². The minimum absolute atomic E-state index is 0. The van der Waals surface area contributed by atoms with Gasteiger partial charge in [0.25, 0.3) is 0 Å². The average Bonchev–Trinajstić information content (AvgIpc) is 3.31. The van der Waals surface area contributed by atoms with Gasteiger partial charge >= 0.3 is 0 Å². The van der Waals surface area contributed by atoms with E-state index < -0.39 is 0 Å². The van der Waals surface area contributed by atoms with E-state index in [-0.39, 0.29) is 24.0 Å². The fraction of sp³-hybridized carbons (Fsp3) is 0.455. The summed E-state index contributed by atoms with van der Waals surface area (Å²) in [6.45, 7) is 4.37. The lowest BCUT2D eigenvalue weighted by atomic mass is 10.1. The Balaban J connectivity index is 0.00000272. The summed E-state index contributed by atoms with van der Waals surface area (Å²) in [4.78, 5) is 8.85. The smallest absolute Gasteiger partial charge is 0.226 e. The number of halogens is 1. The molecule has 9 heteroatoms. The van der Waals surface area contributed by atoms with Crippen LogP contribution < -0.4 is 10.6 Å². The summed E-state index contributed by atoms with van der Waals surface area (Å²) in [5.41, 5.74) is 3.02. The molecule has 0 bridgehead atoms. The quantitative estimate of drug-likeness (QED) is 0.285. The first-order valence-corrected chi connectivity index (χ1v) is 10.6. The first kappa shape index (κ1) is 23.2. The number of fused-ring (bicyclic) bond motifs is 1. The molecule has 166 valence electrons. The van der Waals surface area contributed by atoms with Crippen molar-refractivity contribution < 1.29 is 4.42 Å². The van der Waals surface area contributed by atoms with E-state index in [9.17, 15) is 0 Å². The van der Waals surface area contributed by atoms with Crippen molar-refractivity contribution in [3.8, 4) is 11.5 Å². The molecule has 31 heavy (non-hydrogen) atoms. The van der Waals surface area contributed by atoms with Gasteiger partial charge < -0.3 is 19.6 Å². The van der Waals surface area contributed by atoms with Crippen LogP contribution in [0.3, 0.4) is 0 Å². The molecule has 0 spiro atoms. The summed E-state index contributed by atoms with van der Waals surface area (Å²) in [6, 6.07) is 8.14. The maximum atomic E-state index is 5.62. The van der Waals surface area contributed by atoms with E-state index in [2.05, 4.69) is 54.4 Å². The minimum atomic E-state index is 0. The summed E-state index contributed by atoms with van der Waals surface area (Å²) < 4.78 is 7.90. The highest BCUT2D eigenvalue weighted by Crippen LogP contribution is 2.19. The fourth-order valence-corrected chi connectivity index (χ4v) is 3.63. The summed E-state index contributed by atoms with van der Waals surface area (Å²) in [7, 11) is 1.76. The van der Waals surface area contributed by atoms with Gasteiger partial charge in [0.2, 0.25) is 5.89 Å². The number of hydrogen-bond donors (Lipinski definition) is 2. The Hall–Kier alpha value is -2.43. The van der Waals surface area contributed by atoms with Crippen molar-refractivity contribution in [3.05, 3.63) is 53.4 Å².